The number of rotatable bonds is 2. The number of hydrogen-bond donors (Lipinski definition) is 0. The normalized spacial score (nSPS) is 16.6. The molecule has 0 aliphatic heterocycles. The second kappa shape index (κ2) is 3.41. The van der Waals surface area contributed by atoms with Gasteiger partial charge in [-0.15, -0.1) is 0 Å². The van der Waals surface area contributed by atoms with E-state index in [4.69, 9.17) is 0 Å². The minimum Gasteiger partial charge on any atom is -0.246 e. The van der Waals surface area contributed by atoms with Gasteiger partial charge >= 0.3 is 0 Å². The highest BCUT2D eigenvalue weighted by Gasteiger charge is 2.25. The molecule has 2 rings (SSSR count). The number of hydrogen-bond acceptors (Lipinski definition) is 1. The fraction of sp³-hybridized carbons (Fsp3) is 0.545. The Morgan fingerprint density at radius 2 is 2.08 bits per heavy atom. The summed E-state index contributed by atoms with van der Waals surface area (Å²) in [5, 5.41) is 0. The van der Waals surface area contributed by atoms with Crippen LogP contribution in [0.3, 0.4) is 0 Å². The van der Waals surface area contributed by atoms with Gasteiger partial charge in [0.05, 0.1) is 0 Å². The first-order valence-electron chi connectivity index (χ1n) is 4.84. The molecule has 1 saturated carbocycles. The maximum absolute atomic E-state index is 4.49. The quantitative estimate of drug-likeness (QED) is 0.715. The standard InChI is InChI=1S/C11H14BrN/c1-7(2)9-5-10(8-3-4-8)13-11(12)6-9/h5-8H,3-4H2,1-2H3. The van der Waals surface area contributed by atoms with Crippen molar-refractivity contribution < 1.29 is 0 Å². The van der Waals surface area contributed by atoms with E-state index in [2.05, 4.69) is 46.9 Å². The van der Waals surface area contributed by atoms with Crippen LogP contribution in [0.2, 0.25) is 0 Å². The van der Waals surface area contributed by atoms with Crippen LogP contribution < -0.4 is 0 Å². The highest BCUT2D eigenvalue weighted by Crippen LogP contribution is 2.40. The van der Waals surface area contributed by atoms with Crippen molar-refractivity contribution in [3.8, 4) is 0 Å². The Bertz CT molecular complexity index is 296. The zero-order valence-corrected chi connectivity index (χ0v) is 9.63. The number of aromatic nitrogens is 1. The van der Waals surface area contributed by atoms with Crippen LogP contribution in [0.1, 0.15) is 49.8 Å². The van der Waals surface area contributed by atoms with E-state index in [-0.39, 0.29) is 0 Å². The van der Waals surface area contributed by atoms with Crippen LogP contribution in [0.15, 0.2) is 16.7 Å². The molecule has 0 atom stereocenters. The van der Waals surface area contributed by atoms with Gasteiger partial charge < -0.3 is 0 Å². The van der Waals surface area contributed by atoms with Gasteiger partial charge in [-0.25, -0.2) is 4.98 Å². The molecule has 1 fully saturated rings. The third kappa shape index (κ3) is 2.11. The van der Waals surface area contributed by atoms with Gasteiger partial charge in [0.25, 0.3) is 0 Å². The van der Waals surface area contributed by atoms with E-state index in [1.807, 2.05) is 0 Å². The third-order valence-electron chi connectivity index (χ3n) is 2.50. The average molecular weight is 240 g/mol. The summed E-state index contributed by atoms with van der Waals surface area (Å²) in [6.45, 7) is 4.44. The molecule has 13 heavy (non-hydrogen) atoms. The molecule has 1 nitrogen and oxygen atoms in total. The minimum atomic E-state index is 0.594. The van der Waals surface area contributed by atoms with Crippen LogP contribution in [0.25, 0.3) is 0 Å². The Labute approximate surface area is 87.7 Å². The zero-order chi connectivity index (χ0) is 9.42. The lowest BCUT2D eigenvalue weighted by Crippen LogP contribution is -1.93. The lowest BCUT2D eigenvalue weighted by Gasteiger charge is -2.07. The van der Waals surface area contributed by atoms with Crippen LogP contribution in [-0.4, -0.2) is 4.98 Å². The molecule has 2 heteroatoms. The smallest absolute Gasteiger partial charge is 0.106 e. The van der Waals surface area contributed by atoms with Crippen molar-refractivity contribution in [2.45, 2.75) is 38.5 Å². The van der Waals surface area contributed by atoms with Crippen LogP contribution in [0.4, 0.5) is 0 Å². The topological polar surface area (TPSA) is 12.9 Å². The Hall–Kier alpha value is -0.370. The van der Waals surface area contributed by atoms with E-state index < -0.39 is 0 Å². The van der Waals surface area contributed by atoms with E-state index in [1.54, 1.807) is 0 Å². The summed E-state index contributed by atoms with van der Waals surface area (Å²) in [4.78, 5) is 4.49. The molecule has 1 heterocycles. The SMILES string of the molecule is CC(C)c1cc(Br)nc(C2CC2)c1. The van der Waals surface area contributed by atoms with Crippen LogP contribution in [0.5, 0.6) is 0 Å². The Morgan fingerprint density at radius 3 is 2.62 bits per heavy atom. The predicted molar refractivity (Wildman–Crippen MR) is 58.0 cm³/mol. The summed E-state index contributed by atoms with van der Waals surface area (Å²) in [5.41, 5.74) is 2.67. The predicted octanol–water partition coefficient (Wildman–Crippen LogP) is 3.84. The van der Waals surface area contributed by atoms with Crippen LogP contribution in [-0.2, 0) is 0 Å². The molecule has 1 aromatic heterocycles. The number of pyridine rings is 1. The van der Waals surface area contributed by atoms with Gasteiger partial charge in [0.15, 0.2) is 0 Å². The molecule has 1 aliphatic rings. The molecule has 0 saturated heterocycles. The Kier molecular flexibility index (Phi) is 2.41. The maximum atomic E-state index is 4.49. The molecule has 0 unspecified atom stereocenters. The van der Waals surface area contributed by atoms with E-state index in [0.29, 0.717) is 5.92 Å². The lowest BCUT2D eigenvalue weighted by atomic mass is 10.0. The highest BCUT2D eigenvalue weighted by molar-refractivity contribution is 9.10. The van der Waals surface area contributed by atoms with E-state index in [0.717, 1.165) is 10.5 Å². The minimum absolute atomic E-state index is 0.594. The fourth-order valence-corrected chi connectivity index (χ4v) is 1.93. The summed E-state index contributed by atoms with van der Waals surface area (Å²) < 4.78 is 0.987. The number of halogens is 1. The molecule has 0 N–H and O–H groups in total. The zero-order valence-electron chi connectivity index (χ0n) is 8.05. The molecule has 0 radical (unpaired) electrons. The summed E-state index contributed by atoms with van der Waals surface area (Å²) in [7, 11) is 0. The number of nitrogens with zero attached hydrogens (tertiary/aromatic N) is 1. The van der Waals surface area contributed by atoms with Crippen molar-refractivity contribution >= 4 is 15.9 Å². The first kappa shape index (κ1) is 9.20. The van der Waals surface area contributed by atoms with Gasteiger partial charge in [-0.3, -0.25) is 0 Å². The van der Waals surface area contributed by atoms with Gasteiger partial charge in [-0.05, 0) is 52.4 Å². The molecule has 0 spiro atoms. The largest absolute Gasteiger partial charge is 0.246 e. The second-order valence-corrected chi connectivity index (χ2v) is 4.89. The average Bonchev–Trinajstić information content (AvgIpc) is 2.85. The van der Waals surface area contributed by atoms with Crippen molar-refractivity contribution in [2.24, 2.45) is 0 Å². The van der Waals surface area contributed by atoms with Gasteiger partial charge in [0.2, 0.25) is 0 Å². The summed E-state index contributed by atoms with van der Waals surface area (Å²) >= 11 is 3.47. The van der Waals surface area contributed by atoms with Gasteiger partial charge in [0.1, 0.15) is 4.60 Å². The van der Waals surface area contributed by atoms with E-state index in [1.165, 1.54) is 24.1 Å². The third-order valence-corrected chi connectivity index (χ3v) is 2.90. The van der Waals surface area contributed by atoms with Crippen LogP contribution in [0, 0.1) is 0 Å². The Morgan fingerprint density at radius 1 is 1.38 bits per heavy atom. The lowest BCUT2D eigenvalue weighted by molar-refractivity contribution is 0.849. The molecule has 1 aromatic rings. The van der Waals surface area contributed by atoms with Crippen molar-refractivity contribution in [1.29, 1.82) is 0 Å². The van der Waals surface area contributed by atoms with Crippen molar-refractivity contribution in [3.63, 3.8) is 0 Å². The highest BCUT2D eigenvalue weighted by atomic mass is 79.9. The monoisotopic (exact) mass is 239 g/mol. The summed E-state index contributed by atoms with van der Waals surface area (Å²) in [5.74, 6) is 1.34. The van der Waals surface area contributed by atoms with Gasteiger partial charge in [0, 0.05) is 11.6 Å². The summed E-state index contributed by atoms with van der Waals surface area (Å²) in [6.07, 6.45) is 2.64. The molecular formula is C11H14BrN. The van der Waals surface area contributed by atoms with Gasteiger partial charge in [-0.2, -0.15) is 0 Å². The molecular weight excluding hydrogens is 226 g/mol. The van der Waals surface area contributed by atoms with E-state index >= 15 is 0 Å². The molecule has 0 amide bonds. The molecule has 0 bridgehead atoms. The maximum Gasteiger partial charge on any atom is 0.106 e. The van der Waals surface area contributed by atoms with Crippen molar-refractivity contribution in [3.05, 3.63) is 28.0 Å². The first-order chi connectivity index (χ1) is 6.16. The molecule has 0 aromatic carbocycles. The van der Waals surface area contributed by atoms with Crippen molar-refractivity contribution in [2.75, 3.05) is 0 Å². The molecule has 1 aliphatic carbocycles. The summed E-state index contributed by atoms with van der Waals surface area (Å²) in [6, 6.07) is 4.38. The Balaban J connectivity index is 2.36. The first-order valence-corrected chi connectivity index (χ1v) is 5.63. The van der Waals surface area contributed by atoms with E-state index in [9.17, 15) is 0 Å². The van der Waals surface area contributed by atoms with Gasteiger partial charge in [-0.1, -0.05) is 13.8 Å². The molecule has 70 valence electrons. The fourth-order valence-electron chi connectivity index (χ4n) is 1.46. The van der Waals surface area contributed by atoms with Crippen molar-refractivity contribution in [1.82, 2.24) is 4.98 Å². The van der Waals surface area contributed by atoms with Crippen LogP contribution >= 0.6 is 15.9 Å². The second-order valence-electron chi connectivity index (χ2n) is 4.08.